The van der Waals surface area contributed by atoms with E-state index in [4.69, 9.17) is 0 Å². The summed E-state index contributed by atoms with van der Waals surface area (Å²) in [6.45, 7) is 5.72. The average Bonchev–Trinajstić information content (AvgIpc) is 1.37. The van der Waals surface area contributed by atoms with Crippen molar-refractivity contribution < 1.29 is 35.6 Å². The summed E-state index contributed by atoms with van der Waals surface area (Å²) >= 11 is 0. The van der Waals surface area contributed by atoms with Crippen molar-refractivity contribution in [2.24, 2.45) is 0 Å². The normalized spacial score (nSPS) is 5.00. The van der Waals surface area contributed by atoms with Gasteiger partial charge in [0.2, 0.25) is 0 Å². The maximum absolute atomic E-state index is 3.60. The van der Waals surface area contributed by atoms with Crippen molar-refractivity contribution in [3.05, 3.63) is 14.4 Å². The van der Waals surface area contributed by atoms with Crippen LogP contribution in [0.25, 0.3) is 0 Å². The Labute approximate surface area is 69.3 Å². The molecule has 1 radical (unpaired) electrons. The van der Waals surface area contributed by atoms with Crippen LogP contribution in [-0.2, 0) is 0 Å². The molecule has 0 atom stereocenters. The van der Waals surface area contributed by atoms with Crippen molar-refractivity contribution in [3.8, 4) is 0 Å². The third kappa shape index (κ3) is 19.0. The molecule has 0 rings (SSSR count). The van der Waals surface area contributed by atoms with Gasteiger partial charge in [-0.2, -0.15) is 6.42 Å². The first-order valence-corrected chi connectivity index (χ1v) is 1.71. The summed E-state index contributed by atoms with van der Waals surface area (Å²) in [5.74, 6) is 0. The van der Waals surface area contributed by atoms with Crippen LogP contribution in [-0.4, -0.2) is 0 Å². The summed E-state index contributed by atoms with van der Waals surface area (Å²) in [5.41, 5.74) is 0. The molecule has 0 saturated heterocycles. The van der Waals surface area contributed by atoms with Gasteiger partial charge in [0.25, 0.3) is 0 Å². The molecule has 0 aromatic carbocycles. The Morgan fingerprint density at radius 2 is 1.67 bits per heavy atom. The Morgan fingerprint density at radius 1 is 1.50 bits per heavy atom. The number of hydrogen-bond donors (Lipinski definition) is 0. The fourth-order valence-corrected chi connectivity index (χ4v) is 0. The van der Waals surface area contributed by atoms with Gasteiger partial charge in [0.05, 0.1) is 0 Å². The first-order valence-electron chi connectivity index (χ1n) is 1.71. The third-order valence-corrected chi connectivity index (χ3v) is 0.354. The molecule has 0 fully saturated rings. The van der Waals surface area contributed by atoms with Crippen LogP contribution in [0.5, 0.6) is 0 Å². The largest absolute Gasteiger partial charge is 0.358 e. The van der Waals surface area contributed by atoms with E-state index in [0.29, 0.717) is 0 Å². The molecule has 0 aliphatic rings. The molecule has 0 N–H and O–H groups in total. The zero-order valence-electron chi connectivity index (χ0n) is 4.70. The summed E-state index contributed by atoms with van der Waals surface area (Å²) in [6, 6.07) is 0. The molecule has 0 aromatic heterocycles. The fraction of sp³-hybridized carbons (Fsp3) is 0.600. The van der Waals surface area contributed by atoms with E-state index in [-0.39, 0.29) is 43.0 Å². The molecule has 0 amide bonds. The van der Waals surface area contributed by atoms with Crippen molar-refractivity contribution in [2.45, 2.75) is 19.8 Å². The molecule has 0 nitrogen and oxygen atoms in total. The van der Waals surface area contributed by atoms with Crippen LogP contribution in [0.15, 0.2) is 0 Å². The zero-order chi connectivity index (χ0) is 3.41. The quantitative estimate of drug-likeness (QED) is 0.582. The smallest absolute Gasteiger partial charge is 0 e. The van der Waals surface area contributed by atoms with E-state index >= 15 is 0 Å². The van der Waals surface area contributed by atoms with Crippen molar-refractivity contribution in [2.75, 3.05) is 0 Å². The Morgan fingerprint density at radius 3 is 1.67 bits per heavy atom. The van der Waals surface area contributed by atoms with Gasteiger partial charge < -0.3 is 14.4 Å². The Kier molecular flexibility index (Phi) is 42.8. The molecule has 0 aromatic rings. The molecular weight excluding hydrogens is 199 g/mol. The van der Waals surface area contributed by atoms with Crippen molar-refractivity contribution in [1.29, 1.82) is 0 Å². The molecule has 0 unspecified atom stereocenters. The van der Waals surface area contributed by atoms with Crippen molar-refractivity contribution in [3.63, 3.8) is 0 Å². The SMILES string of the molecule is [CH2-]CCC.[CH3-].[La]. The van der Waals surface area contributed by atoms with Crippen LogP contribution in [0, 0.1) is 49.9 Å². The topological polar surface area (TPSA) is 0 Å². The number of unbranched alkanes of at least 4 members (excludes halogenated alkanes) is 1. The maximum atomic E-state index is 3.60. The molecule has 0 aliphatic heterocycles. The van der Waals surface area contributed by atoms with Gasteiger partial charge in [0, 0.05) is 35.6 Å². The number of rotatable bonds is 1. The maximum Gasteiger partial charge on any atom is 0 e. The van der Waals surface area contributed by atoms with Crippen LogP contribution >= 0.6 is 0 Å². The predicted molar refractivity (Wildman–Crippen MR) is 26.7 cm³/mol. The second-order valence-electron chi connectivity index (χ2n) is 0.854. The molecule has 0 aliphatic carbocycles. The Bertz CT molecular complexity index is 5.90. The standard InChI is InChI=1S/C4H9.CH3.La/c1-3-4-2;;/h1,3-4H2,2H3;1H3;/q2*-1;. The van der Waals surface area contributed by atoms with E-state index in [9.17, 15) is 0 Å². The Balaban J connectivity index is -0.0000000450. The minimum absolute atomic E-state index is 0. The summed E-state index contributed by atoms with van der Waals surface area (Å²) < 4.78 is 0. The second-order valence-corrected chi connectivity index (χ2v) is 0.854. The minimum Gasteiger partial charge on any atom is -0.358 e. The van der Waals surface area contributed by atoms with Crippen LogP contribution in [0.4, 0.5) is 0 Å². The van der Waals surface area contributed by atoms with Gasteiger partial charge in [-0.15, -0.1) is 0 Å². The second kappa shape index (κ2) is 16.4. The fourth-order valence-electron chi connectivity index (χ4n) is 0. The van der Waals surface area contributed by atoms with Crippen LogP contribution < -0.4 is 0 Å². The van der Waals surface area contributed by atoms with E-state index in [2.05, 4.69) is 13.8 Å². The summed E-state index contributed by atoms with van der Waals surface area (Å²) in [5, 5.41) is 0. The van der Waals surface area contributed by atoms with E-state index in [1.807, 2.05) is 0 Å². The molecule has 37 valence electrons. The van der Waals surface area contributed by atoms with Gasteiger partial charge >= 0.3 is 0 Å². The molecule has 0 saturated carbocycles. The first-order chi connectivity index (χ1) is 1.91. The molecule has 1 heteroatoms. The average molecular weight is 211 g/mol. The molecular formula is C5H12La-2. The summed E-state index contributed by atoms with van der Waals surface area (Å²) in [4.78, 5) is 0. The van der Waals surface area contributed by atoms with Gasteiger partial charge in [0.15, 0.2) is 0 Å². The van der Waals surface area contributed by atoms with Gasteiger partial charge in [-0.25, -0.2) is 0 Å². The molecule has 0 spiro atoms. The van der Waals surface area contributed by atoms with Crippen LogP contribution in [0.2, 0.25) is 0 Å². The molecule has 0 heterocycles. The van der Waals surface area contributed by atoms with Gasteiger partial charge in [-0.3, -0.25) is 0 Å². The molecule has 6 heavy (non-hydrogen) atoms. The van der Waals surface area contributed by atoms with Crippen molar-refractivity contribution in [1.82, 2.24) is 0 Å². The van der Waals surface area contributed by atoms with Crippen molar-refractivity contribution >= 4 is 0 Å². The van der Waals surface area contributed by atoms with Gasteiger partial charge in [0.1, 0.15) is 0 Å². The molecule has 0 bridgehead atoms. The van der Waals surface area contributed by atoms with E-state index in [0.717, 1.165) is 6.42 Å². The predicted octanol–water partition coefficient (Wildman–Crippen LogP) is 2.07. The minimum atomic E-state index is 0. The van der Waals surface area contributed by atoms with Gasteiger partial charge in [-0.05, 0) is 0 Å². The monoisotopic (exact) mass is 211 g/mol. The number of hydrogen-bond acceptors (Lipinski definition) is 0. The Hall–Kier alpha value is 1.19. The van der Waals surface area contributed by atoms with Gasteiger partial charge in [-0.1, -0.05) is 13.3 Å². The third-order valence-electron chi connectivity index (χ3n) is 0.354. The zero-order valence-corrected chi connectivity index (χ0v) is 8.32. The summed E-state index contributed by atoms with van der Waals surface area (Å²) in [7, 11) is 0. The van der Waals surface area contributed by atoms with Crippen LogP contribution in [0.1, 0.15) is 19.8 Å². The van der Waals surface area contributed by atoms with Crippen LogP contribution in [0.3, 0.4) is 0 Å². The summed E-state index contributed by atoms with van der Waals surface area (Å²) in [6.07, 6.45) is 2.28. The van der Waals surface area contributed by atoms with E-state index in [1.54, 1.807) is 0 Å². The van der Waals surface area contributed by atoms with E-state index < -0.39 is 0 Å². The van der Waals surface area contributed by atoms with E-state index in [1.165, 1.54) is 6.42 Å². The first kappa shape index (κ1) is 15.7.